The summed E-state index contributed by atoms with van der Waals surface area (Å²) in [4.78, 5) is 27.9. The van der Waals surface area contributed by atoms with Crippen LogP contribution in [0.3, 0.4) is 0 Å². The minimum atomic E-state index is -0.176. The van der Waals surface area contributed by atoms with E-state index >= 15 is 0 Å². The van der Waals surface area contributed by atoms with Gasteiger partial charge in [-0.3, -0.25) is 9.59 Å². The highest BCUT2D eigenvalue weighted by atomic mass is 16.2. The summed E-state index contributed by atoms with van der Waals surface area (Å²) in [7, 11) is 0. The Bertz CT molecular complexity index is 897. The Morgan fingerprint density at radius 1 is 1.22 bits per heavy atom. The molecule has 0 spiro atoms. The third kappa shape index (κ3) is 3.45. The highest BCUT2D eigenvalue weighted by molar-refractivity contribution is 5.80. The van der Waals surface area contributed by atoms with E-state index in [2.05, 4.69) is 15.4 Å². The van der Waals surface area contributed by atoms with Gasteiger partial charge in [0.25, 0.3) is 5.56 Å². The van der Waals surface area contributed by atoms with Crippen LogP contribution in [0.25, 0.3) is 11.0 Å². The highest BCUT2D eigenvalue weighted by Gasteiger charge is 2.07. The summed E-state index contributed by atoms with van der Waals surface area (Å²) < 4.78 is 3.14. The highest BCUT2D eigenvalue weighted by Crippen LogP contribution is 2.11. The lowest BCUT2D eigenvalue weighted by Crippen LogP contribution is -2.33. The maximum atomic E-state index is 12.0. The minimum absolute atomic E-state index is 0.131. The van der Waals surface area contributed by atoms with Crippen LogP contribution >= 0.6 is 0 Å². The molecule has 0 fully saturated rings. The normalized spacial score (nSPS) is 10.8. The largest absolute Gasteiger partial charge is 0.353 e. The van der Waals surface area contributed by atoms with Crippen LogP contribution < -0.4 is 10.9 Å². The Balaban J connectivity index is 1.58. The zero-order valence-electron chi connectivity index (χ0n) is 12.8. The summed E-state index contributed by atoms with van der Waals surface area (Å²) >= 11 is 0. The van der Waals surface area contributed by atoms with Gasteiger partial charge >= 0.3 is 0 Å². The summed E-state index contributed by atoms with van der Waals surface area (Å²) in [6.45, 7) is 2.70. The van der Waals surface area contributed by atoms with Gasteiger partial charge in [-0.05, 0) is 25.1 Å². The van der Waals surface area contributed by atoms with E-state index in [4.69, 9.17) is 0 Å². The smallest absolute Gasteiger partial charge is 0.266 e. The molecule has 0 unspecified atom stereocenters. The Labute approximate surface area is 132 Å². The Morgan fingerprint density at radius 2 is 2.04 bits per heavy atom. The fourth-order valence-corrected chi connectivity index (χ4v) is 2.36. The molecule has 1 aromatic carbocycles. The molecule has 2 heterocycles. The molecule has 0 aliphatic carbocycles. The van der Waals surface area contributed by atoms with E-state index in [1.165, 1.54) is 10.7 Å². The van der Waals surface area contributed by atoms with E-state index < -0.39 is 0 Å². The standard InChI is InChI=1S/C16H17N5O2/c1-12-6-7-16(23)21(19-12)9-8-17-15(22)10-20-11-18-13-4-2-3-5-14(13)20/h2-7,11H,8-10H2,1H3,(H,17,22). The fourth-order valence-electron chi connectivity index (χ4n) is 2.36. The Hall–Kier alpha value is -2.96. The third-order valence-electron chi connectivity index (χ3n) is 3.49. The van der Waals surface area contributed by atoms with Crippen molar-refractivity contribution in [1.82, 2.24) is 24.6 Å². The number of rotatable bonds is 5. The first-order chi connectivity index (χ1) is 11.1. The number of benzene rings is 1. The topological polar surface area (TPSA) is 81.8 Å². The van der Waals surface area contributed by atoms with E-state index in [0.29, 0.717) is 13.1 Å². The van der Waals surface area contributed by atoms with Gasteiger partial charge in [-0.25, -0.2) is 9.67 Å². The van der Waals surface area contributed by atoms with Gasteiger partial charge in [0.1, 0.15) is 6.54 Å². The first-order valence-corrected chi connectivity index (χ1v) is 7.35. The van der Waals surface area contributed by atoms with Crippen LogP contribution in [0.5, 0.6) is 0 Å². The summed E-state index contributed by atoms with van der Waals surface area (Å²) in [5.74, 6) is -0.131. The molecule has 1 amide bonds. The van der Waals surface area contributed by atoms with E-state index in [1.807, 2.05) is 31.2 Å². The van der Waals surface area contributed by atoms with Crippen molar-refractivity contribution in [1.29, 1.82) is 0 Å². The molecule has 7 nitrogen and oxygen atoms in total. The first-order valence-electron chi connectivity index (χ1n) is 7.35. The van der Waals surface area contributed by atoms with Crippen molar-refractivity contribution in [2.75, 3.05) is 6.54 Å². The number of aryl methyl sites for hydroxylation is 1. The molecule has 0 aliphatic heterocycles. The number of hydrogen-bond donors (Lipinski definition) is 1. The maximum absolute atomic E-state index is 12.0. The monoisotopic (exact) mass is 311 g/mol. The molecule has 23 heavy (non-hydrogen) atoms. The maximum Gasteiger partial charge on any atom is 0.266 e. The van der Waals surface area contributed by atoms with Crippen molar-refractivity contribution in [3.8, 4) is 0 Å². The molecule has 3 aromatic rings. The average molecular weight is 311 g/mol. The molecular weight excluding hydrogens is 294 g/mol. The number of fused-ring (bicyclic) bond motifs is 1. The van der Waals surface area contributed by atoms with Crippen LogP contribution in [-0.2, 0) is 17.9 Å². The number of hydrogen-bond acceptors (Lipinski definition) is 4. The molecule has 0 radical (unpaired) electrons. The Morgan fingerprint density at radius 3 is 2.91 bits per heavy atom. The zero-order valence-corrected chi connectivity index (χ0v) is 12.8. The summed E-state index contributed by atoms with van der Waals surface area (Å²) in [5, 5.41) is 6.92. The van der Waals surface area contributed by atoms with Gasteiger partial charge in [0, 0.05) is 12.6 Å². The lowest BCUT2D eigenvalue weighted by molar-refractivity contribution is -0.121. The van der Waals surface area contributed by atoms with Crippen LogP contribution in [0.15, 0.2) is 47.5 Å². The zero-order chi connectivity index (χ0) is 16.2. The number of nitrogens with one attached hydrogen (secondary N) is 1. The molecule has 0 saturated carbocycles. The average Bonchev–Trinajstić information content (AvgIpc) is 2.94. The van der Waals surface area contributed by atoms with Crippen LogP contribution in [0.4, 0.5) is 0 Å². The number of carbonyl (C=O) groups is 1. The molecule has 0 aliphatic rings. The molecular formula is C16H17N5O2. The quantitative estimate of drug-likeness (QED) is 0.752. The lowest BCUT2D eigenvalue weighted by atomic mass is 10.3. The summed E-state index contributed by atoms with van der Waals surface area (Å²) in [6, 6.07) is 10.8. The second-order valence-electron chi connectivity index (χ2n) is 5.25. The van der Waals surface area contributed by atoms with E-state index in [9.17, 15) is 9.59 Å². The van der Waals surface area contributed by atoms with Gasteiger partial charge in [0.05, 0.1) is 29.6 Å². The van der Waals surface area contributed by atoms with Gasteiger partial charge in [0.2, 0.25) is 5.91 Å². The molecule has 1 N–H and O–H groups in total. The number of aromatic nitrogens is 4. The number of nitrogens with zero attached hydrogens (tertiary/aromatic N) is 4. The lowest BCUT2D eigenvalue weighted by Gasteiger charge is -2.08. The predicted molar refractivity (Wildman–Crippen MR) is 86.0 cm³/mol. The van der Waals surface area contributed by atoms with E-state index in [-0.39, 0.29) is 18.0 Å². The number of para-hydroxylation sites is 2. The van der Waals surface area contributed by atoms with Gasteiger partial charge in [-0.1, -0.05) is 12.1 Å². The molecule has 0 atom stereocenters. The molecule has 0 saturated heterocycles. The minimum Gasteiger partial charge on any atom is -0.353 e. The summed E-state index contributed by atoms with van der Waals surface area (Å²) in [5.41, 5.74) is 2.36. The van der Waals surface area contributed by atoms with Crippen molar-refractivity contribution in [3.05, 3.63) is 58.8 Å². The van der Waals surface area contributed by atoms with Gasteiger partial charge in [0.15, 0.2) is 0 Å². The molecule has 118 valence electrons. The van der Waals surface area contributed by atoms with Crippen LogP contribution in [0, 0.1) is 6.92 Å². The van der Waals surface area contributed by atoms with Gasteiger partial charge in [-0.2, -0.15) is 5.10 Å². The van der Waals surface area contributed by atoms with Crippen molar-refractivity contribution < 1.29 is 4.79 Å². The van der Waals surface area contributed by atoms with Crippen molar-refractivity contribution in [3.63, 3.8) is 0 Å². The van der Waals surface area contributed by atoms with Gasteiger partial charge < -0.3 is 9.88 Å². The molecule has 2 aromatic heterocycles. The van der Waals surface area contributed by atoms with Crippen LogP contribution in [0.1, 0.15) is 5.69 Å². The second-order valence-corrected chi connectivity index (χ2v) is 5.25. The molecule has 7 heteroatoms. The Kier molecular flexibility index (Phi) is 4.18. The SMILES string of the molecule is Cc1ccc(=O)n(CCNC(=O)Cn2cnc3ccccc32)n1. The van der Waals surface area contributed by atoms with E-state index in [1.54, 1.807) is 17.0 Å². The van der Waals surface area contributed by atoms with Crippen LogP contribution in [-0.4, -0.2) is 31.8 Å². The number of carbonyl (C=O) groups excluding carboxylic acids is 1. The number of amides is 1. The van der Waals surface area contributed by atoms with Crippen molar-refractivity contribution in [2.45, 2.75) is 20.0 Å². The van der Waals surface area contributed by atoms with Crippen molar-refractivity contribution in [2.24, 2.45) is 0 Å². The first kappa shape index (κ1) is 15.0. The molecule has 0 bridgehead atoms. The van der Waals surface area contributed by atoms with Crippen molar-refractivity contribution >= 4 is 16.9 Å². The second kappa shape index (κ2) is 6.43. The van der Waals surface area contributed by atoms with Gasteiger partial charge in [-0.15, -0.1) is 0 Å². The summed E-state index contributed by atoms with van der Waals surface area (Å²) in [6.07, 6.45) is 1.65. The number of imidazole rings is 1. The fraction of sp³-hybridized carbons (Fsp3) is 0.250. The van der Waals surface area contributed by atoms with Crippen LogP contribution in [0.2, 0.25) is 0 Å². The molecule has 3 rings (SSSR count). The van der Waals surface area contributed by atoms with E-state index in [0.717, 1.165) is 16.7 Å². The third-order valence-corrected chi connectivity index (χ3v) is 3.49. The predicted octanol–water partition coefficient (Wildman–Crippen LogP) is 0.718.